The summed E-state index contributed by atoms with van der Waals surface area (Å²) in [6.07, 6.45) is 0.196. The van der Waals surface area contributed by atoms with E-state index in [4.69, 9.17) is 4.74 Å². The molecule has 0 radical (unpaired) electrons. The average molecular weight is 298 g/mol. The fourth-order valence-corrected chi connectivity index (χ4v) is 2.30. The lowest BCUT2D eigenvalue weighted by Gasteiger charge is -2.14. The largest absolute Gasteiger partial charge is 0.491 e. The topological polar surface area (TPSA) is 33.3 Å². The molecule has 0 saturated carbocycles. The third-order valence-electron chi connectivity index (χ3n) is 3.58. The highest BCUT2D eigenvalue weighted by atomic mass is 16.5. The zero-order chi connectivity index (χ0) is 15.9. The number of hydrogen-bond donors (Lipinski definition) is 2. The second kappa shape index (κ2) is 7.74. The molecule has 118 valence electrons. The Labute approximate surface area is 133 Å². The zero-order valence-corrected chi connectivity index (χ0v) is 13.9. The van der Waals surface area contributed by atoms with Crippen LogP contribution in [0, 0.1) is 13.8 Å². The molecule has 2 aromatic carbocycles. The summed E-state index contributed by atoms with van der Waals surface area (Å²) in [4.78, 5) is 0. The van der Waals surface area contributed by atoms with E-state index in [2.05, 4.69) is 48.7 Å². The Morgan fingerprint density at radius 2 is 1.68 bits per heavy atom. The first-order valence-electron chi connectivity index (χ1n) is 7.87. The summed E-state index contributed by atoms with van der Waals surface area (Å²) in [6, 6.07) is 14.4. The van der Waals surface area contributed by atoms with Gasteiger partial charge in [0.05, 0.1) is 6.10 Å². The molecular formula is C19H26N2O. The first kappa shape index (κ1) is 16.2. The van der Waals surface area contributed by atoms with Crippen LogP contribution in [-0.2, 0) is 0 Å². The van der Waals surface area contributed by atoms with E-state index >= 15 is 0 Å². The molecule has 0 spiro atoms. The Hall–Kier alpha value is -2.16. The molecule has 0 atom stereocenters. The van der Waals surface area contributed by atoms with E-state index < -0.39 is 0 Å². The quantitative estimate of drug-likeness (QED) is 0.732. The number of hydrogen-bond acceptors (Lipinski definition) is 3. The molecule has 3 heteroatoms. The van der Waals surface area contributed by atoms with Crippen LogP contribution in [0.4, 0.5) is 11.4 Å². The van der Waals surface area contributed by atoms with Crippen molar-refractivity contribution in [2.24, 2.45) is 0 Å². The van der Waals surface area contributed by atoms with Gasteiger partial charge in [-0.1, -0.05) is 18.2 Å². The van der Waals surface area contributed by atoms with Gasteiger partial charge in [-0.3, -0.25) is 0 Å². The van der Waals surface area contributed by atoms with E-state index in [1.807, 2.05) is 32.0 Å². The summed E-state index contributed by atoms with van der Waals surface area (Å²) in [5, 5.41) is 6.90. The summed E-state index contributed by atoms with van der Waals surface area (Å²) in [5.74, 6) is 0.905. The second-order valence-corrected chi connectivity index (χ2v) is 5.80. The minimum Gasteiger partial charge on any atom is -0.491 e. The Balaban J connectivity index is 1.82. The lowest BCUT2D eigenvalue weighted by Crippen LogP contribution is -2.14. The van der Waals surface area contributed by atoms with E-state index in [9.17, 15) is 0 Å². The van der Waals surface area contributed by atoms with Gasteiger partial charge >= 0.3 is 0 Å². The molecule has 0 unspecified atom stereocenters. The summed E-state index contributed by atoms with van der Waals surface area (Å²) < 4.78 is 5.70. The molecular weight excluding hydrogens is 272 g/mol. The zero-order valence-electron chi connectivity index (χ0n) is 13.9. The molecule has 0 bridgehead atoms. The number of anilines is 2. The highest BCUT2D eigenvalue weighted by Gasteiger charge is 2.01. The van der Waals surface area contributed by atoms with Crippen LogP contribution in [-0.4, -0.2) is 19.2 Å². The van der Waals surface area contributed by atoms with E-state index in [0.29, 0.717) is 0 Å². The van der Waals surface area contributed by atoms with Crippen molar-refractivity contribution in [3.8, 4) is 5.75 Å². The van der Waals surface area contributed by atoms with Crippen molar-refractivity contribution < 1.29 is 4.74 Å². The maximum atomic E-state index is 5.70. The Bertz CT molecular complexity index is 608. The number of benzene rings is 2. The molecule has 0 saturated heterocycles. The number of ether oxygens (including phenoxy) is 1. The van der Waals surface area contributed by atoms with Crippen LogP contribution >= 0.6 is 0 Å². The minimum atomic E-state index is 0.196. The summed E-state index contributed by atoms with van der Waals surface area (Å²) in [6.45, 7) is 10.1. The van der Waals surface area contributed by atoms with Crippen LogP contribution in [0.25, 0.3) is 0 Å². The van der Waals surface area contributed by atoms with Gasteiger partial charge in [0.15, 0.2) is 0 Å². The number of aryl methyl sites for hydroxylation is 1. The molecule has 0 aliphatic carbocycles. The standard InChI is InChI=1S/C19H26N2O/c1-14(2)22-18-9-6-8-17(13-18)20-11-12-21-19-10-5-7-15(3)16(19)4/h5-10,13-14,20-21H,11-12H2,1-4H3. The molecule has 2 rings (SSSR count). The van der Waals surface area contributed by atoms with Crippen molar-refractivity contribution >= 4 is 11.4 Å². The van der Waals surface area contributed by atoms with Crippen LogP contribution in [0.2, 0.25) is 0 Å². The van der Waals surface area contributed by atoms with E-state index in [1.54, 1.807) is 0 Å². The first-order valence-corrected chi connectivity index (χ1v) is 7.87. The fraction of sp³-hybridized carbons (Fsp3) is 0.368. The van der Waals surface area contributed by atoms with E-state index in [1.165, 1.54) is 16.8 Å². The highest BCUT2D eigenvalue weighted by Crippen LogP contribution is 2.19. The number of rotatable bonds is 7. The summed E-state index contributed by atoms with van der Waals surface area (Å²) in [7, 11) is 0. The van der Waals surface area contributed by atoms with Crippen LogP contribution in [0.5, 0.6) is 5.75 Å². The highest BCUT2D eigenvalue weighted by molar-refractivity contribution is 5.54. The van der Waals surface area contributed by atoms with Gasteiger partial charge in [-0.2, -0.15) is 0 Å². The van der Waals surface area contributed by atoms with Crippen molar-refractivity contribution in [3.05, 3.63) is 53.6 Å². The van der Waals surface area contributed by atoms with Gasteiger partial charge in [-0.25, -0.2) is 0 Å². The van der Waals surface area contributed by atoms with Crippen LogP contribution in [0.3, 0.4) is 0 Å². The smallest absolute Gasteiger partial charge is 0.121 e. The SMILES string of the molecule is Cc1cccc(NCCNc2cccc(OC(C)C)c2)c1C. The Morgan fingerprint density at radius 3 is 2.45 bits per heavy atom. The van der Waals surface area contributed by atoms with Crippen LogP contribution < -0.4 is 15.4 Å². The third kappa shape index (κ3) is 4.69. The molecule has 0 aliphatic rings. The van der Waals surface area contributed by atoms with Gasteiger partial charge < -0.3 is 15.4 Å². The van der Waals surface area contributed by atoms with Gasteiger partial charge in [-0.15, -0.1) is 0 Å². The predicted octanol–water partition coefficient (Wildman–Crippen LogP) is 4.61. The van der Waals surface area contributed by atoms with Crippen molar-refractivity contribution in [2.45, 2.75) is 33.8 Å². The molecule has 2 N–H and O–H groups in total. The first-order chi connectivity index (χ1) is 10.6. The summed E-state index contributed by atoms with van der Waals surface area (Å²) in [5.41, 5.74) is 4.92. The van der Waals surface area contributed by atoms with E-state index in [-0.39, 0.29) is 6.10 Å². The molecule has 0 amide bonds. The maximum Gasteiger partial charge on any atom is 0.121 e. The lowest BCUT2D eigenvalue weighted by atomic mass is 10.1. The molecule has 0 aromatic heterocycles. The monoisotopic (exact) mass is 298 g/mol. The van der Waals surface area contributed by atoms with Crippen molar-refractivity contribution in [2.75, 3.05) is 23.7 Å². The van der Waals surface area contributed by atoms with Gasteiger partial charge in [0.25, 0.3) is 0 Å². The van der Waals surface area contributed by atoms with Gasteiger partial charge in [-0.05, 0) is 57.0 Å². The average Bonchev–Trinajstić information content (AvgIpc) is 2.47. The van der Waals surface area contributed by atoms with E-state index in [0.717, 1.165) is 24.5 Å². The van der Waals surface area contributed by atoms with Gasteiger partial charge in [0.1, 0.15) is 5.75 Å². The molecule has 0 heterocycles. The van der Waals surface area contributed by atoms with Gasteiger partial charge in [0.2, 0.25) is 0 Å². The summed E-state index contributed by atoms with van der Waals surface area (Å²) >= 11 is 0. The van der Waals surface area contributed by atoms with Crippen molar-refractivity contribution in [1.29, 1.82) is 0 Å². The molecule has 22 heavy (non-hydrogen) atoms. The van der Waals surface area contributed by atoms with Crippen LogP contribution in [0.15, 0.2) is 42.5 Å². The Kier molecular flexibility index (Phi) is 5.70. The maximum absolute atomic E-state index is 5.70. The predicted molar refractivity (Wildman–Crippen MR) is 95.1 cm³/mol. The number of nitrogens with one attached hydrogen (secondary N) is 2. The molecule has 0 aliphatic heterocycles. The normalized spacial score (nSPS) is 10.6. The van der Waals surface area contributed by atoms with Crippen molar-refractivity contribution in [3.63, 3.8) is 0 Å². The Morgan fingerprint density at radius 1 is 0.955 bits per heavy atom. The van der Waals surface area contributed by atoms with Gasteiger partial charge in [0, 0.05) is 30.5 Å². The second-order valence-electron chi connectivity index (χ2n) is 5.80. The lowest BCUT2D eigenvalue weighted by molar-refractivity contribution is 0.242. The third-order valence-corrected chi connectivity index (χ3v) is 3.58. The minimum absolute atomic E-state index is 0.196. The fourth-order valence-electron chi connectivity index (χ4n) is 2.30. The van der Waals surface area contributed by atoms with Crippen molar-refractivity contribution in [1.82, 2.24) is 0 Å². The van der Waals surface area contributed by atoms with Crippen LogP contribution in [0.1, 0.15) is 25.0 Å². The molecule has 0 fully saturated rings. The molecule has 2 aromatic rings. The molecule has 3 nitrogen and oxygen atoms in total.